The maximum atomic E-state index is 10.8. The first-order chi connectivity index (χ1) is 8.63. The molecular formula is C16H24O2. The molecule has 1 aliphatic rings. The Balaban J connectivity index is 2.11. The molecule has 0 radical (unpaired) electrons. The summed E-state index contributed by atoms with van der Waals surface area (Å²) in [6.07, 6.45) is 6.04. The van der Waals surface area contributed by atoms with E-state index in [0.717, 1.165) is 42.9 Å². The Morgan fingerprint density at radius 1 is 1.28 bits per heavy atom. The van der Waals surface area contributed by atoms with Gasteiger partial charge in [-0.3, -0.25) is 0 Å². The number of rotatable bonds is 3. The predicted octanol–water partition coefficient (Wildman–Crippen LogP) is 3.57. The van der Waals surface area contributed by atoms with E-state index in [-0.39, 0.29) is 0 Å². The summed E-state index contributed by atoms with van der Waals surface area (Å²) in [5, 5.41) is 10.8. The number of para-hydroxylation sites is 1. The highest BCUT2D eigenvalue weighted by molar-refractivity contribution is 5.34. The van der Waals surface area contributed by atoms with Gasteiger partial charge < -0.3 is 9.84 Å². The van der Waals surface area contributed by atoms with Crippen LogP contribution in [0.5, 0.6) is 5.75 Å². The van der Waals surface area contributed by atoms with E-state index < -0.39 is 5.60 Å². The molecule has 18 heavy (non-hydrogen) atoms. The minimum Gasteiger partial charge on any atom is -0.496 e. The standard InChI is InChI=1S/C16H24O2/c1-13-6-5-10-16(17,11-9-13)12-14-7-3-4-8-15(14)18-2/h3-4,7-8,13,17H,5-6,9-12H2,1-2H3. The smallest absolute Gasteiger partial charge is 0.122 e. The van der Waals surface area contributed by atoms with Gasteiger partial charge in [0.1, 0.15) is 5.75 Å². The lowest BCUT2D eigenvalue weighted by Gasteiger charge is -2.27. The molecule has 1 N–H and O–H groups in total. The maximum absolute atomic E-state index is 10.8. The van der Waals surface area contributed by atoms with Gasteiger partial charge in [0.05, 0.1) is 12.7 Å². The van der Waals surface area contributed by atoms with E-state index in [9.17, 15) is 5.11 Å². The fourth-order valence-electron chi connectivity index (χ4n) is 2.94. The molecule has 0 aliphatic heterocycles. The zero-order valence-corrected chi connectivity index (χ0v) is 11.5. The highest BCUT2D eigenvalue weighted by Gasteiger charge is 2.30. The van der Waals surface area contributed by atoms with Crippen molar-refractivity contribution < 1.29 is 9.84 Å². The van der Waals surface area contributed by atoms with E-state index in [1.165, 1.54) is 6.42 Å². The van der Waals surface area contributed by atoms with Gasteiger partial charge in [-0.1, -0.05) is 38.0 Å². The van der Waals surface area contributed by atoms with Crippen LogP contribution < -0.4 is 4.74 Å². The van der Waals surface area contributed by atoms with Crippen LogP contribution in [0, 0.1) is 5.92 Å². The minimum atomic E-state index is -0.542. The third-order valence-electron chi connectivity index (χ3n) is 4.15. The molecule has 1 fully saturated rings. The molecule has 2 nitrogen and oxygen atoms in total. The van der Waals surface area contributed by atoms with Gasteiger partial charge in [0.25, 0.3) is 0 Å². The summed E-state index contributed by atoms with van der Waals surface area (Å²) in [5.74, 6) is 1.64. The van der Waals surface area contributed by atoms with Crippen LogP contribution in [0.1, 0.15) is 44.6 Å². The SMILES string of the molecule is COc1ccccc1CC1(O)CCCC(C)CC1. The van der Waals surface area contributed by atoms with Crippen molar-refractivity contribution in [2.75, 3.05) is 7.11 Å². The van der Waals surface area contributed by atoms with Crippen LogP contribution in [-0.2, 0) is 6.42 Å². The molecule has 2 atom stereocenters. The van der Waals surface area contributed by atoms with Crippen molar-refractivity contribution >= 4 is 0 Å². The van der Waals surface area contributed by atoms with E-state index in [1.807, 2.05) is 18.2 Å². The Morgan fingerprint density at radius 3 is 2.83 bits per heavy atom. The van der Waals surface area contributed by atoms with Gasteiger partial charge in [-0.25, -0.2) is 0 Å². The van der Waals surface area contributed by atoms with Crippen LogP contribution in [0.3, 0.4) is 0 Å². The Morgan fingerprint density at radius 2 is 2.06 bits per heavy atom. The van der Waals surface area contributed by atoms with Crippen LogP contribution in [0.2, 0.25) is 0 Å². The first-order valence-corrected chi connectivity index (χ1v) is 6.97. The quantitative estimate of drug-likeness (QED) is 0.829. The van der Waals surface area contributed by atoms with Gasteiger partial charge in [-0.2, -0.15) is 0 Å². The van der Waals surface area contributed by atoms with E-state index in [1.54, 1.807) is 7.11 Å². The molecule has 1 saturated carbocycles. The first kappa shape index (κ1) is 13.4. The highest BCUT2D eigenvalue weighted by Crippen LogP contribution is 2.34. The third-order valence-corrected chi connectivity index (χ3v) is 4.15. The van der Waals surface area contributed by atoms with Crippen molar-refractivity contribution in [1.82, 2.24) is 0 Å². The summed E-state index contributed by atoms with van der Waals surface area (Å²) in [4.78, 5) is 0. The zero-order valence-electron chi connectivity index (χ0n) is 11.5. The Kier molecular flexibility index (Phi) is 4.28. The molecule has 1 aromatic rings. The first-order valence-electron chi connectivity index (χ1n) is 6.97. The lowest BCUT2D eigenvalue weighted by atomic mass is 9.87. The van der Waals surface area contributed by atoms with Crippen LogP contribution in [-0.4, -0.2) is 17.8 Å². The van der Waals surface area contributed by atoms with Crippen molar-refractivity contribution in [3.8, 4) is 5.75 Å². The average Bonchev–Trinajstić information content (AvgIpc) is 2.52. The molecule has 1 aromatic carbocycles. The fraction of sp³-hybridized carbons (Fsp3) is 0.625. The van der Waals surface area contributed by atoms with Gasteiger partial charge in [-0.05, 0) is 36.8 Å². The third kappa shape index (κ3) is 3.26. The van der Waals surface area contributed by atoms with E-state index in [4.69, 9.17) is 4.74 Å². The Hall–Kier alpha value is -1.02. The molecule has 0 aromatic heterocycles. The number of ether oxygens (including phenoxy) is 1. The van der Waals surface area contributed by atoms with Crippen molar-refractivity contribution in [1.29, 1.82) is 0 Å². The molecule has 2 heteroatoms. The molecule has 0 spiro atoms. The maximum Gasteiger partial charge on any atom is 0.122 e. The molecule has 0 heterocycles. The Bertz CT molecular complexity index is 388. The lowest BCUT2D eigenvalue weighted by molar-refractivity contribution is 0.0239. The fourth-order valence-corrected chi connectivity index (χ4v) is 2.94. The molecule has 0 amide bonds. The molecule has 0 saturated heterocycles. The molecule has 100 valence electrons. The number of hydrogen-bond donors (Lipinski definition) is 1. The van der Waals surface area contributed by atoms with Gasteiger partial charge in [0.15, 0.2) is 0 Å². The van der Waals surface area contributed by atoms with Crippen molar-refractivity contribution in [3.63, 3.8) is 0 Å². The van der Waals surface area contributed by atoms with E-state index in [2.05, 4.69) is 13.0 Å². The zero-order chi connectivity index (χ0) is 13.0. The summed E-state index contributed by atoms with van der Waals surface area (Å²) in [6.45, 7) is 2.29. The summed E-state index contributed by atoms with van der Waals surface area (Å²) >= 11 is 0. The van der Waals surface area contributed by atoms with E-state index in [0.29, 0.717) is 6.42 Å². The van der Waals surface area contributed by atoms with Gasteiger partial charge in [0.2, 0.25) is 0 Å². The number of aliphatic hydroxyl groups is 1. The normalized spacial score (nSPS) is 28.7. The molecule has 1 aliphatic carbocycles. The summed E-state index contributed by atoms with van der Waals surface area (Å²) in [5.41, 5.74) is 0.580. The second kappa shape index (κ2) is 5.75. The van der Waals surface area contributed by atoms with Crippen molar-refractivity contribution in [2.45, 2.75) is 51.0 Å². The largest absolute Gasteiger partial charge is 0.496 e. The van der Waals surface area contributed by atoms with Crippen LogP contribution in [0.15, 0.2) is 24.3 Å². The lowest BCUT2D eigenvalue weighted by Crippen LogP contribution is -2.30. The number of methoxy groups -OCH3 is 1. The average molecular weight is 248 g/mol. The summed E-state index contributed by atoms with van der Waals surface area (Å²) < 4.78 is 5.37. The monoisotopic (exact) mass is 248 g/mol. The van der Waals surface area contributed by atoms with Gasteiger partial charge in [0, 0.05) is 6.42 Å². The van der Waals surface area contributed by atoms with Gasteiger partial charge >= 0.3 is 0 Å². The molecular weight excluding hydrogens is 224 g/mol. The van der Waals surface area contributed by atoms with Gasteiger partial charge in [-0.15, -0.1) is 0 Å². The summed E-state index contributed by atoms with van der Waals surface area (Å²) in [7, 11) is 1.69. The predicted molar refractivity (Wildman–Crippen MR) is 73.9 cm³/mol. The van der Waals surface area contributed by atoms with E-state index >= 15 is 0 Å². The highest BCUT2D eigenvalue weighted by atomic mass is 16.5. The van der Waals surface area contributed by atoms with Crippen LogP contribution in [0.25, 0.3) is 0 Å². The topological polar surface area (TPSA) is 29.5 Å². The number of hydrogen-bond acceptors (Lipinski definition) is 2. The Labute approximate surface area is 110 Å². The minimum absolute atomic E-state index is 0.542. The number of benzene rings is 1. The molecule has 2 rings (SSSR count). The second-order valence-corrected chi connectivity index (χ2v) is 5.75. The summed E-state index contributed by atoms with van der Waals surface area (Å²) in [6, 6.07) is 8.02. The second-order valence-electron chi connectivity index (χ2n) is 5.75. The molecule has 2 unspecified atom stereocenters. The van der Waals surface area contributed by atoms with Crippen molar-refractivity contribution in [2.24, 2.45) is 5.92 Å². The van der Waals surface area contributed by atoms with Crippen molar-refractivity contribution in [3.05, 3.63) is 29.8 Å². The van der Waals surface area contributed by atoms with Crippen LogP contribution >= 0.6 is 0 Å². The van der Waals surface area contributed by atoms with Crippen LogP contribution in [0.4, 0.5) is 0 Å². The molecule has 0 bridgehead atoms.